The van der Waals surface area contributed by atoms with Crippen LogP contribution in [0.3, 0.4) is 0 Å². The topological polar surface area (TPSA) is 135 Å². The maximum Gasteiger partial charge on any atom is 0.321 e. The zero-order valence-corrected chi connectivity index (χ0v) is 27.2. The fourth-order valence-electron chi connectivity index (χ4n) is 6.51. The number of halogens is 1. The highest BCUT2D eigenvalue weighted by molar-refractivity contribution is 7.88. The van der Waals surface area contributed by atoms with Crippen molar-refractivity contribution in [2.45, 2.75) is 63.3 Å². The molecule has 1 saturated carbocycles. The standard InChI is InChI=1S/C33H37ClN4O7S/c1-3-44-29(39)20-37(46(2,42)43)27-13-6-7-14-28(27)38-31(22-15-17-23(34)18-16-22)30(25-11-4-5-12-26(25)33(38)41)32(40)36-45-21-24-10-8-9-19-35-24/h4-5,8-12,15-19,27-28,30-31H,3,6-7,13-14,20-21H2,1-2H3,(H,36,40)/t27-,28-,30+,31-/m0/s1. The third-order valence-electron chi connectivity index (χ3n) is 8.43. The van der Waals surface area contributed by atoms with Crippen molar-refractivity contribution in [3.8, 4) is 0 Å². The van der Waals surface area contributed by atoms with Crippen molar-refractivity contribution in [1.29, 1.82) is 0 Å². The van der Waals surface area contributed by atoms with Crippen LogP contribution in [-0.4, -0.2) is 71.9 Å². The number of pyridine rings is 1. The Kier molecular flexibility index (Phi) is 10.7. The SMILES string of the molecule is CCOC(=O)CN([C@H]1CCCC[C@@H]1N1C(=O)c2ccccc2[C@@H](C(=O)NOCc2ccccn2)[C@@H]1c1ccc(Cl)cc1)S(C)(=O)=O. The van der Waals surface area contributed by atoms with Crippen molar-refractivity contribution < 1.29 is 32.4 Å². The summed E-state index contributed by atoms with van der Waals surface area (Å²) in [6.45, 7) is 1.29. The van der Waals surface area contributed by atoms with Gasteiger partial charge in [-0.3, -0.25) is 24.2 Å². The average Bonchev–Trinajstić information content (AvgIpc) is 3.04. The second kappa shape index (κ2) is 14.7. The van der Waals surface area contributed by atoms with Gasteiger partial charge in [-0.15, -0.1) is 0 Å². The number of aromatic nitrogens is 1. The van der Waals surface area contributed by atoms with E-state index in [1.54, 1.807) is 78.7 Å². The maximum atomic E-state index is 14.5. The summed E-state index contributed by atoms with van der Waals surface area (Å²) in [6.07, 6.45) is 4.98. The van der Waals surface area contributed by atoms with Gasteiger partial charge in [-0.2, -0.15) is 4.31 Å². The minimum absolute atomic E-state index is 0.0249. The van der Waals surface area contributed by atoms with E-state index in [1.807, 2.05) is 6.07 Å². The molecule has 13 heteroatoms. The molecule has 0 saturated heterocycles. The van der Waals surface area contributed by atoms with E-state index in [4.69, 9.17) is 21.2 Å². The minimum atomic E-state index is -3.91. The van der Waals surface area contributed by atoms with Crippen LogP contribution in [0.25, 0.3) is 0 Å². The summed E-state index contributed by atoms with van der Waals surface area (Å²) in [6, 6.07) is 16.9. The molecule has 2 aliphatic rings. The van der Waals surface area contributed by atoms with E-state index in [9.17, 15) is 22.8 Å². The van der Waals surface area contributed by atoms with Crippen molar-refractivity contribution in [3.63, 3.8) is 0 Å². The van der Waals surface area contributed by atoms with Crippen LogP contribution in [0.2, 0.25) is 5.02 Å². The minimum Gasteiger partial charge on any atom is -0.465 e. The van der Waals surface area contributed by atoms with Gasteiger partial charge in [-0.05, 0) is 61.2 Å². The number of benzene rings is 2. The van der Waals surface area contributed by atoms with Crippen LogP contribution in [0.15, 0.2) is 72.9 Å². The molecule has 1 aromatic heterocycles. The van der Waals surface area contributed by atoms with Gasteiger partial charge in [0.2, 0.25) is 10.0 Å². The highest BCUT2D eigenvalue weighted by Crippen LogP contribution is 2.46. The lowest BCUT2D eigenvalue weighted by molar-refractivity contribution is -0.144. The van der Waals surface area contributed by atoms with Gasteiger partial charge in [-0.25, -0.2) is 13.9 Å². The number of nitrogens with one attached hydrogen (secondary N) is 1. The lowest BCUT2D eigenvalue weighted by Gasteiger charge is -2.50. The van der Waals surface area contributed by atoms with Crippen LogP contribution >= 0.6 is 11.6 Å². The zero-order chi connectivity index (χ0) is 32.8. The molecule has 0 unspecified atom stereocenters. The van der Waals surface area contributed by atoms with Gasteiger partial charge in [0.25, 0.3) is 11.8 Å². The Balaban J connectivity index is 1.59. The molecule has 0 radical (unpaired) electrons. The summed E-state index contributed by atoms with van der Waals surface area (Å²) in [5.41, 5.74) is 4.68. The molecule has 1 fully saturated rings. The third-order valence-corrected chi connectivity index (χ3v) is 9.93. The quantitative estimate of drug-likeness (QED) is 0.235. The van der Waals surface area contributed by atoms with E-state index >= 15 is 0 Å². The average molecular weight is 669 g/mol. The first-order valence-electron chi connectivity index (χ1n) is 15.2. The van der Waals surface area contributed by atoms with Crippen LogP contribution in [-0.2, 0) is 35.8 Å². The van der Waals surface area contributed by atoms with Gasteiger partial charge < -0.3 is 9.64 Å². The molecule has 46 heavy (non-hydrogen) atoms. The smallest absolute Gasteiger partial charge is 0.321 e. The molecule has 11 nitrogen and oxygen atoms in total. The molecule has 244 valence electrons. The van der Waals surface area contributed by atoms with E-state index in [0.717, 1.165) is 17.0 Å². The number of amides is 2. The molecule has 1 aliphatic carbocycles. The van der Waals surface area contributed by atoms with E-state index in [0.29, 0.717) is 46.7 Å². The van der Waals surface area contributed by atoms with Crippen LogP contribution in [0.5, 0.6) is 0 Å². The molecule has 5 rings (SSSR count). The number of hydroxylamine groups is 1. The van der Waals surface area contributed by atoms with Gasteiger partial charge in [0.15, 0.2) is 0 Å². The molecule has 1 aliphatic heterocycles. The van der Waals surface area contributed by atoms with Gasteiger partial charge in [0.05, 0.1) is 30.5 Å². The number of nitrogens with zero attached hydrogens (tertiary/aromatic N) is 3. The summed E-state index contributed by atoms with van der Waals surface area (Å²) in [5, 5.41) is 0.478. The van der Waals surface area contributed by atoms with Crippen LogP contribution in [0.4, 0.5) is 0 Å². The second-order valence-corrected chi connectivity index (χ2v) is 13.8. The molecule has 2 amide bonds. The first-order valence-corrected chi connectivity index (χ1v) is 17.4. The van der Waals surface area contributed by atoms with Gasteiger partial charge >= 0.3 is 5.97 Å². The Labute approximate surface area is 273 Å². The van der Waals surface area contributed by atoms with E-state index in [1.165, 1.54) is 0 Å². The Morgan fingerprint density at radius 2 is 1.76 bits per heavy atom. The monoisotopic (exact) mass is 668 g/mol. The Hall–Kier alpha value is -3.84. The number of esters is 1. The summed E-state index contributed by atoms with van der Waals surface area (Å²) >= 11 is 6.26. The van der Waals surface area contributed by atoms with Gasteiger partial charge in [0, 0.05) is 28.9 Å². The predicted octanol–water partition coefficient (Wildman–Crippen LogP) is 4.40. The van der Waals surface area contributed by atoms with E-state index < -0.39 is 52.5 Å². The first-order chi connectivity index (χ1) is 22.1. The van der Waals surface area contributed by atoms with E-state index in [2.05, 4.69) is 10.5 Å². The largest absolute Gasteiger partial charge is 0.465 e. The summed E-state index contributed by atoms with van der Waals surface area (Å²) < 4.78 is 32.6. The summed E-state index contributed by atoms with van der Waals surface area (Å²) in [7, 11) is -3.91. The fourth-order valence-corrected chi connectivity index (χ4v) is 7.71. The molecule has 3 aromatic rings. The molecule has 0 spiro atoms. The molecule has 1 N–H and O–H groups in total. The molecular weight excluding hydrogens is 632 g/mol. The maximum absolute atomic E-state index is 14.5. The summed E-state index contributed by atoms with van der Waals surface area (Å²) in [4.78, 5) is 52.8. The number of hydrogen-bond donors (Lipinski definition) is 1. The van der Waals surface area contributed by atoms with Gasteiger partial charge in [0.1, 0.15) is 13.2 Å². The zero-order valence-electron chi connectivity index (χ0n) is 25.7. The number of fused-ring (bicyclic) bond motifs is 1. The van der Waals surface area contributed by atoms with Crippen molar-refractivity contribution in [2.24, 2.45) is 0 Å². The van der Waals surface area contributed by atoms with Crippen molar-refractivity contribution >= 4 is 39.4 Å². The van der Waals surface area contributed by atoms with Crippen LogP contribution < -0.4 is 5.48 Å². The third kappa shape index (κ3) is 7.41. The first kappa shape index (κ1) is 33.5. The molecule has 0 bridgehead atoms. The molecule has 4 atom stereocenters. The van der Waals surface area contributed by atoms with Gasteiger partial charge in [-0.1, -0.05) is 60.8 Å². The summed E-state index contributed by atoms with van der Waals surface area (Å²) in [5.74, 6) is -2.43. The number of carbonyl (C=O) groups is 3. The number of rotatable bonds is 11. The normalized spacial score (nSPS) is 21.5. The van der Waals surface area contributed by atoms with Crippen LogP contribution in [0, 0.1) is 0 Å². The number of ether oxygens (including phenoxy) is 1. The Bertz CT molecular complexity index is 1660. The molecular formula is C33H37ClN4O7S. The van der Waals surface area contributed by atoms with Crippen LogP contribution in [0.1, 0.15) is 71.7 Å². The Morgan fingerprint density at radius 1 is 1.04 bits per heavy atom. The molecule has 2 aromatic carbocycles. The van der Waals surface area contributed by atoms with E-state index in [-0.39, 0.29) is 19.1 Å². The number of hydrogen-bond acceptors (Lipinski definition) is 8. The lowest BCUT2D eigenvalue weighted by Crippen LogP contribution is -2.60. The fraction of sp³-hybridized carbons (Fsp3) is 0.394. The Morgan fingerprint density at radius 3 is 2.46 bits per heavy atom. The van der Waals surface area contributed by atoms with Crippen molar-refractivity contribution in [2.75, 3.05) is 19.4 Å². The van der Waals surface area contributed by atoms with Crippen molar-refractivity contribution in [3.05, 3.63) is 100 Å². The molecule has 2 heterocycles. The highest BCUT2D eigenvalue weighted by atomic mass is 35.5. The highest BCUT2D eigenvalue weighted by Gasteiger charge is 2.50. The second-order valence-electron chi connectivity index (χ2n) is 11.4. The van der Waals surface area contributed by atoms with Crippen molar-refractivity contribution in [1.82, 2.24) is 19.7 Å². The number of sulfonamides is 1. The predicted molar refractivity (Wildman–Crippen MR) is 171 cm³/mol. The number of carbonyl (C=O) groups excluding carboxylic acids is 3. The lowest BCUT2D eigenvalue weighted by atomic mass is 9.76.